The number of rotatable bonds is 5. The summed E-state index contributed by atoms with van der Waals surface area (Å²) in [5.41, 5.74) is 2.29. The molecule has 0 atom stereocenters. The number of hydrogen-bond acceptors (Lipinski definition) is 5. The molecule has 0 bridgehead atoms. The van der Waals surface area contributed by atoms with E-state index in [4.69, 9.17) is 4.84 Å². The van der Waals surface area contributed by atoms with E-state index in [2.05, 4.69) is 20.4 Å². The summed E-state index contributed by atoms with van der Waals surface area (Å²) in [6, 6.07) is 9.34. The Morgan fingerprint density at radius 3 is 2.47 bits per heavy atom. The van der Waals surface area contributed by atoms with Gasteiger partial charge in [0.2, 0.25) is 0 Å². The average Bonchev–Trinajstić information content (AvgIpc) is 3.29. The lowest BCUT2D eigenvalue weighted by Gasteiger charge is -2.34. The first-order valence-corrected chi connectivity index (χ1v) is 11.5. The highest BCUT2D eigenvalue weighted by molar-refractivity contribution is 6.05. The Hall–Kier alpha value is -3.82. The third-order valence-electron chi connectivity index (χ3n) is 6.50. The van der Waals surface area contributed by atoms with Gasteiger partial charge in [-0.15, -0.1) is 0 Å². The minimum Gasteiger partial charge on any atom is -0.389 e. The maximum Gasteiger partial charge on any atom is 0.417 e. The number of hydrogen-bond donors (Lipinski definition) is 1. The van der Waals surface area contributed by atoms with Crippen molar-refractivity contribution in [3.8, 4) is 11.3 Å². The molecule has 1 spiro atoms. The molecular formula is C26H22F4N4O2. The van der Waals surface area contributed by atoms with E-state index in [1.54, 1.807) is 18.3 Å². The van der Waals surface area contributed by atoms with E-state index in [9.17, 15) is 22.4 Å². The van der Waals surface area contributed by atoms with Crippen LogP contribution < -0.4 is 5.32 Å². The van der Waals surface area contributed by atoms with Gasteiger partial charge in [0, 0.05) is 35.5 Å². The van der Waals surface area contributed by atoms with E-state index in [0.717, 1.165) is 30.5 Å². The zero-order valence-corrected chi connectivity index (χ0v) is 19.3. The maximum absolute atomic E-state index is 14.2. The van der Waals surface area contributed by atoms with Gasteiger partial charge in [0.05, 0.1) is 29.2 Å². The Labute approximate surface area is 204 Å². The highest BCUT2D eigenvalue weighted by Crippen LogP contribution is 2.43. The quantitative estimate of drug-likeness (QED) is 0.466. The highest BCUT2D eigenvalue weighted by atomic mass is 19.4. The van der Waals surface area contributed by atoms with Gasteiger partial charge < -0.3 is 10.2 Å². The molecule has 186 valence electrons. The van der Waals surface area contributed by atoms with Gasteiger partial charge in [-0.1, -0.05) is 11.2 Å². The van der Waals surface area contributed by atoms with Gasteiger partial charge in [0.1, 0.15) is 11.4 Å². The van der Waals surface area contributed by atoms with Crippen LogP contribution >= 0.6 is 0 Å². The topological polar surface area (TPSA) is 76.5 Å². The summed E-state index contributed by atoms with van der Waals surface area (Å²) in [6.07, 6.45) is 1.14. The maximum atomic E-state index is 14.2. The predicted octanol–water partition coefficient (Wildman–Crippen LogP) is 5.59. The lowest BCUT2D eigenvalue weighted by atomic mass is 9.76. The first-order valence-electron chi connectivity index (χ1n) is 11.5. The third kappa shape index (κ3) is 4.80. The van der Waals surface area contributed by atoms with E-state index in [-0.39, 0.29) is 23.4 Å². The van der Waals surface area contributed by atoms with Crippen molar-refractivity contribution < 1.29 is 27.2 Å². The van der Waals surface area contributed by atoms with Crippen LogP contribution in [0.4, 0.5) is 17.6 Å². The molecule has 1 N–H and O–H groups in total. The second-order valence-electron chi connectivity index (χ2n) is 9.20. The Balaban J connectivity index is 1.41. The van der Waals surface area contributed by atoms with Crippen LogP contribution in [0.2, 0.25) is 0 Å². The molecule has 3 aromatic rings. The third-order valence-corrected chi connectivity index (χ3v) is 6.50. The van der Waals surface area contributed by atoms with Gasteiger partial charge in [0.25, 0.3) is 5.91 Å². The Morgan fingerprint density at radius 2 is 1.86 bits per heavy atom. The summed E-state index contributed by atoms with van der Waals surface area (Å²) in [5.74, 6) is -1.68. The fourth-order valence-corrected chi connectivity index (χ4v) is 4.24. The SMILES string of the molecule is Cc1ccc(-c2cc(C(=O)NCc3ncc(C(F)(F)F)cc3F)cc(C3=NOC4(CCC4)C3)c2)nc1. The zero-order valence-electron chi connectivity index (χ0n) is 19.3. The molecule has 1 saturated carbocycles. The van der Waals surface area contributed by atoms with Crippen molar-refractivity contribution in [1.29, 1.82) is 0 Å². The molecular weight excluding hydrogens is 476 g/mol. The number of carbonyl (C=O) groups is 1. The number of nitrogens with one attached hydrogen (secondary N) is 1. The molecule has 36 heavy (non-hydrogen) atoms. The van der Waals surface area contributed by atoms with Gasteiger partial charge in [-0.3, -0.25) is 14.8 Å². The molecule has 5 rings (SSSR count). The monoisotopic (exact) mass is 498 g/mol. The largest absolute Gasteiger partial charge is 0.417 e. The molecule has 1 amide bonds. The normalized spacial score (nSPS) is 16.3. The van der Waals surface area contributed by atoms with Gasteiger partial charge in [-0.25, -0.2) is 4.39 Å². The zero-order chi connectivity index (χ0) is 25.5. The second-order valence-corrected chi connectivity index (χ2v) is 9.20. The van der Waals surface area contributed by atoms with Crippen LogP contribution in [0, 0.1) is 12.7 Å². The van der Waals surface area contributed by atoms with E-state index in [1.165, 1.54) is 0 Å². The van der Waals surface area contributed by atoms with Crippen LogP contribution in [0.25, 0.3) is 11.3 Å². The molecule has 0 radical (unpaired) electrons. The van der Waals surface area contributed by atoms with Crippen molar-refractivity contribution in [1.82, 2.24) is 15.3 Å². The Morgan fingerprint density at radius 1 is 1.08 bits per heavy atom. The minimum absolute atomic E-state index is 0.262. The number of carbonyl (C=O) groups excluding carboxylic acids is 1. The van der Waals surface area contributed by atoms with Crippen LogP contribution in [0.3, 0.4) is 0 Å². The predicted molar refractivity (Wildman–Crippen MR) is 124 cm³/mol. The van der Waals surface area contributed by atoms with Crippen molar-refractivity contribution in [3.63, 3.8) is 0 Å². The molecule has 1 aliphatic heterocycles. The van der Waals surface area contributed by atoms with Crippen LogP contribution in [-0.4, -0.2) is 27.2 Å². The molecule has 3 heterocycles. The summed E-state index contributed by atoms with van der Waals surface area (Å²) < 4.78 is 52.5. The van der Waals surface area contributed by atoms with Crippen molar-refractivity contribution in [2.45, 2.75) is 50.9 Å². The molecule has 6 nitrogen and oxygen atoms in total. The van der Waals surface area contributed by atoms with Gasteiger partial charge >= 0.3 is 6.18 Å². The van der Waals surface area contributed by atoms with Crippen LogP contribution in [0.1, 0.15) is 58.4 Å². The molecule has 1 aromatic carbocycles. The van der Waals surface area contributed by atoms with Crippen LogP contribution in [-0.2, 0) is 17.6 Å². The number of aromatic nitrogens is 2. The fraction of sp³-hybridized carbons (Fsp3) is 0.308. The van der Waals surface area contributed by atoms with Crippen molar-refractivity contribution >= 4 is 11.6 Å². The van der Waals surface area contributed by atoms with Gasteiger partial charge in [0.15, 0.2) is 0 Å². The number of amides is 1. The number of aryl methyl sites for hydroxylation is 1. The van der Waals surface area contributed by atoms with Gasteiger partial charge in [-0.05, 0) is 62.1 Å². The lowest BCUT2D eigenvalue weighted by Crippen LogP contribution is -2.36. The lowest BCUT2D eigenvalue weighted by molar-refractivity contribution is -0.138. The highest BCUT2D eigenvalue weighted by Gasteiger charge is 2.45. The first-order chi connectivity index (χ1) is 17.1. The van der Waals surface area contributed by atoms with Crippen molar-refractivity contribution in [3.05, 3.63) is 82.6 Å². The minimum atomic E-state index is -4.71. The fourth-order valence-electron chi connectivity index (χ4n) is 4.24. The number of alkyl halides is 3. The molecule has 1 fully saturated rings. The summed E-state index contributed by atoms with van der Waals surface area (Å²) in [6.45, 7) is 1.54. The number of halogens is 4. The summed E-state index contributed by atoms with van der Waals surface area (Å²) in [5, 5.41) is 6.82. The van der Waals surface area contributed by atoms with Gasteiger partial charge in [-0.2, -0.15) is 13.2 Å². The molecule has 0 unspecified atom stereocenters. The number of oxime groups is 1. The molecule has 0 saturated heterocycles. The van der Waals surface area contributed by atoms with E-state index in [0.29, 0.717) is 35.5 Å². The molecule has 1 aliphatic carbocycles. The van der Waals surface area contributed by atoms with Crippen molar-refractivity contribution in [2.75, 3.05) is 0 Å². The summed E-state index contributed by atoms with van der Waals surface area (Å²) in [7, 11) is 0. The Bertz CT molecular complexity index is 1350. The van der Waals surface area contributed by atoms with Crippen molar-refractivity contribution in [2.24, 2.45) is 5.16 Å². The number of nitrogens with zero attached hydrogens (tertiary/aromatic N) is 3. The first kappa shape index (κ1) is 23.9. The van der Waals surface area contributed by atoms with E-state index < -0.39 is 23.5 Å². The molecule has 10 heteroatoms. The number of benzene rings is 1. The average molecular weight is 498 g/mol. The van der Waals surface area contributed by atoms with Crippen LogP contribution in [0.5, 0.6) is 0 Å². The second kappa shape index (κ2) is 9.00. The summed E-state index contributed by atoms with van der Waals surface area (Å²) >= 11 is 0. The van der Waals surface area contributed by atoms with E-state index in [1.807, 2.05) is 25.1 Å². The smallest absolute Gasteiger partial charge is 0.389 e. The molecule has 2 aromatic heterocycles. The Kier molecular flexibility index (Phi) is 5.97. The summed E-state index contributed by atoms with van der Waals surface area (Å²) in [4.78, 5) is 26.7. The van der Waals surface area contributed by atoms with Crippen LogP contribution in [0.15, 0.2) is 53.9 Å². The van der Waals surface area contributed by atoms with E-state index >= 15 is 0 Å². The number of pyridine rings is 2. The standard InChI is InChI=1S/C26H22F4N4O2/c1-15-3-4-21(31-12-15)16-7-17(22-11-25(36-34-22)5-2-6-25)9-18(8-16)24(35)33-14-23-20(27)10-19(13-32-23)26(28,29)30/h3-4,7-10,12-13H,2,5-6,11,14H2,1H3,(H,33,35). The molecule has 2 aliphatic rings.